The van der Waals surface area contributed by atoms with Crippen molar-refractivity contribution in [1.82, 2.24) is 0 Å². The van der Waals surface area contributed by atoms with Crippen molar-refractivity contribution >= 4 is 17.9 Å². The Labute approximate surface area is 515 Å². The number of rotatable bonds is 66. The average Bonchev–Trinajstić information content (AvgIpc) is 3.48. The molecule has 0 N–H and O–H groups in total. The second kappa shape index (κ2) is 71.1. The van der Waals surface area contributed by atoms with Crippen molar-refractivity contribution in [3.8, 4) is 0 Å². The van der Waals surface area contributed by atoms with Crippen LogP contribution in [-0.4, -0.2) is 37.2 Å². The van der Waals surface area contributed by atoms with Crippen LogP contribution < -0.4 is 0 Å². The van der Waals surface area contributed by atoms with Gasteiger partial charge >= 0.3 is 17.9 Å². The topological polar surface area (TPSA) is 78.9 Å². The predicted octanol–water partition coefficient (Wildman–Crippen LogP) is 25.0. The highest BCUT2D eigenvalue weighted by Crippen LogP contribution is 2.18. The van der Waals surface area contributed by atoms with Gasteiger partial charge in [0.05, 0.1) is 0 Å². The molecule has 0 aromatic rings. The predicted molar refractivity (Wildman–Crippen MR) is 362 cm³/mol. The molecule has 0 saturated carbocycles. The molecule has 0 aromatic carbocycles. The first-order valence-electron chi connectivity index (χ1n) is 36.1. The maximum absolute atomic E-state index is 12.9. The molecule has 0 saturated heterocycles. The van der Waals surface area contributed by atoms with E-state index in [9.17, 15) is 14.4 Å². The summed E-state index contributed by atoms with van der Waals surface area (Å²) in [6.07, 6.45) is 94.9. The van der Waals surface area contributed by atoms with Gasteiger partial charge in [-0.3, -0.25) is 14.4 Å². The normalized spacial score (nSPS) is 12.6. The van der Waals surface area contributed by atoms with E-state index in [1.165, 1.54) is 225 Å². The number of carbonyl (C=O) groups is 3. The number of ether oxygens (including phenoxy) is 3. The largest absolute Gasteiger partial charge is 0.462 e. The van der Waals surface area contributed by atoms with Gasteiger partial charge in [0.25, 0.3) is 0 Å². The van der Waals surface area contributed by atoms with Gasteiger partial charge in [0, 0.05) is 19.3 Å². The van der Waals surface area contributed by atoms with Gasteiger partial charge in [0.15, 0.2) is 6.10 Å². The summed E-state index contributed by atoms with van der Waals surface area (Å²) in [4.78, 5) is 38.4. The summed E-state index contributed by atoms with van der Waals surface area (Å²) < 4.78 is 16.9. The number of hydrogen-bond donors (Lipinski definition) is 0. The van der Waals surface area contributed by atoms with E-state index in [4.69, 9.17) is 14.2 Å². The quantitative estimate of drug-likeness (QED) is 0.0261. The number of unbranched alkanes of at least 4 members (excludes halogenated alkanes) is 41. The molecule has 6 nitrogen and oxygen atoms in total. The van der Waals surface area contributed by atoms with Gasteiger partial charge < -0.3 is 14.2 Å². The van der Waals surface area contributed by atoms with Gasteiger partial charge in [-0.25, -0.2) is 0 Å². The molecule has 0 aromatic heterocycles. The van der Waals surface area contributed by atoms with Crippen molar-refractivity contribution in [2.45, 2.75) is 374 Å². The first-order chi connectivity index (χ1) is 41.0. The van der Waals surface area contributed by atoms with Gasteiger partial charge in [-0.05, 0) is 109 Å². The minimum absolute atomic E-state index is 0.0791. The van der Waals surface area contributed by atoms with E-state index in [-0.39, 0.29) is 31.1 Å². The fraction of sp³-hybridized carbons (Fsp3) is 0.779. The van der Waals surface area contributed by atoms with Crippen LogP contribution in [0.4, 0.5) is 0 Å². The van der Waals surface area contributed by atoms with E-state index in [2.05, 4.69) is 106 Å². The molecule has 1 atom stereocenters. The molecular formula is C77H136O6. The number of hydrogen-bond acceptors (Lipinski definition) is 6. The Balaban J connectivity index is 4.13. The van der Waals surface area contributed by atoms with Crippen LogP contribution in [0, 0.1) is 0 Å². The average molecular weight is 1160 g/mol. The van der Waals surface area contributed by atoms with Crippen LogP contribution >= 0.6 is 0 Å². The van der Waals surface area contributed by atoms with Crippen LogP contribution in [0.3, 0.4) is 0 Å². The third-order valence-corrected chi connectivity index (χ3v) is 15.9. The van der Waals surface area contributed by atoms with Crippen molar-refractivity contribution in [3.63, 3.8) is 0 Å². The first kappa shape index (κ1) is 79.6. The Morgan fingerprint density at radius 3 is 0.783 bits per heavy atom. The lowest BCUT2D eigenvalue weighted by atomic mass is 10.0. The third kappa shape index (κ3) is 69.3. The van der Waals surface area contributed by atoms with Crippen molar-refractivity contribution in [2.24, 2.45) is 0 Å². The highest BCUT2D eigenvalue weighted by Gasteiger charge is 2.19. The molecular weight excluding hydrogens is 1020 g/mol. The molecule has 0 aliphatic heterocycles. The highest BCUT2D eigenvalue weighted by molar-refractivity contribution is 5.71. The minimum atomic E-state index is -0.784. The van der Waals surface area contributed by atoms with Crippen LogP contribution in [0.1, 0.15) is 367 Å². The van der Waals surface area contributed by atoms with E-state index in [0.29, 0.717) is 19.3 Å². The van der Waals surface area contributed by atoms with Crippen molar-refractivity contribution in [3.05, 3.63) is 85.1 Å². The van der Waals surface area contributed by atoms with Gasteiger partial charge in [-0.1, -0.05) is 324 Å². The maximum Gasteiger partial charge on any atom is 0.306 e. The van der Waals surface area contributed by atoms with E-state index < -0.39 is 6.10 Å². The summed E-state index contributed by atoms with van der Waals surface area (Å²) >= 11 is 0. The molecule has 6 heteroatoms. The summed E-state index contributed by atoms with van der Waals surface area (Å²) in [6.45, 7) is 6.51. The number of allylic oxidation sites excluding steroid dienone is 14. The van der Waals surface area contributed by atoms with Crippen molar-refractivity contribution < 1.29 is 28.6 Å². The van der Waals surface area contributed by atoms with Gasteiger partial charge in [-0.15, -0.1) is 0 Å². The minimum Gasteiger partial charge on any atom is -0.462 e. The Hall–Kier alpha value is -3.41. The third-order valence-electron chi connectivity index (χ3n) is 15.9. The monoisotopic (exact) mass is 1160 g/mol. The van der Waals surface area contributed by atoms with Gasteiger partial charge in [-0.2, -0.15) is 0 Å². The Bertz CT molecular complexity index is 1570. The maximum atomic E-state index is 12.9. The number of esters is 3. The fourth-order valence-electron chi connectivity index (χ4n) is 10.4. The molecule has 0 aliphatic carbocycles. The zero-order valence-corrected chi connectivity index (χ0v) is 55.2. The van der Waals surface area contributed by atoms with E-state index in [1.54, 1.807) is 0 Å². The molecule has 0 spiro atoms. The Morgan fingerprint density at radius 2 is 0.482 bits per heavy atom. The Morgan fingerprint density at radius 1 is 0.253 bits per heavy atom. The molecule has 0 bridgehead atoms. The van der Waals surface area contributed by atoms with Crippen molar-refractivity contribution in [1.29, 1.82) is 0 Å². The summed E-state index contributed by atoms with van der Waals surface area (Å²) in [5.74, 6) is -0.880. The smallest absolute Gasteiger partial charge is 0.306 e. The Kier molecular flexibility index (Phi) is 68.2. The molecule has 83 heavy (non-hydrogen) atoms. The first-order valence-corrected chi connectivity index (χ1v) is 36.1. The molecule has 480 valence electrons. The van der Waals surface area contributed by atoms with Gasteiger partial charge in [0.1, 0.15) is 13.2 Å². The molecule has 0 amide bonds. The molecule has 0 radical (unpaired) electrons. The highest BCUT2D eigenvalue weighted by atomic mass is 16.6. The fourth-order valence-corrected chi connectivity index (χ4v) is 10.4. The molecule has 0 heterocycles. The van der Waals surface area contributed by atoms with Crippen LogP contribution in [-0.2, 0) is 28.6 Å². The lowest BCUT2D eigenvalue weighted by Crippen LogP contribution is -2.30. The zero-order chi connectivity index (χ0) is 59.9. The van der Waals surface area contributed by atoms with Crippen LogP contribution in [0.2, 0.25) is 0 Å². The summed E-state index contributed by atoms with van der Waals surface area (Å²) in [5.41, 5.74) is 0. The summed E-state index contributed by atoms with van der Waals surface area (Å²) in [5, 5.41) is 0. The van der Waals surface area contributed by atoms with Crippen LogP contribution in [0.25, 0.3) is 0 Å². The van der Waals surface area contributed by atoms with Crippen LogP contribution in [0.5, 0.6) is 0 Å². The molecule has 0 rings (SSSR count). The molecule has 0 aliphatic rings. The lowest BCUT2D eigenvalue weighted by molar-refractivity contribution is -0.167. The summed E-state index contributed by atoms with van der Waals surface area (Å²) in [6, 6.07) is 0. The van der Waals surface area contributed by atoms with Crippen LogP contribution in [0.15, 0.2) is 85.1 Å². The van der Waals surface area contributed by atoms with E-state index >= 15 is 0 Å². The number of carbonyl (C=O) groups excluding carboxylic acids is 3. The second-order valence-electron chi connectivity index (χ2n) is 24.1. The lowest BCUT2D eigenvalue weighted by Gasteiger charge is -2.18. The molecule has 1 unspecified atom stereocenters. The van der Waals surface area contributed by atoms with E-state index in [0.717, 1.165) is 103 Å². The SMILES string of the molecule is CC/C=C\C/C=C\C/C=C\C/C=C\CCCCCCCCCCC(=O)OC(COC(=O)CCCCCCC/C=C\CCCC)COC(=O)CCCCCCCCCCCCCCCCCCCCCCC/C=C\C/C=C\CCCCCCC. The summed E-state index contributed by atoms with van der Waals surface area (Å²) in [7, 11) is 0. The molecule has 0 fully saturated rings. The second-order valence-corrected chi connectivity index (χ2v) is 24.1. The zero-order valence-electron chi connectivity index (χ0n) is 55.2. The van der Waals surface area contributed by atoms with Gasteiger partial charge in [0.2, 0.25) is 0 Å². The standard InChI is InChI=1S/C77H136O6/c1-4-7-10-13-16-19-22-24-26-28-30-32-33-34-35-36-37-38-39-40-41-42-43-45-46-48-50-52-55-58-61-64-67-70-76(79)82-73-74(72-81-75(78)69-66-63-60-57-54-21-18-15-12-9-6-3)83-77(80)71-68-65-62-59-56-53-51-49-47-44-31-29-27-25-23-20-17-14-11-8-5-2/h8,11,15,17-18,20,22,24-25,27-28,30-31,44,74H,4-7,9-10,12-14,16,19,21,23,26,29,32-43,45-73H2,1-3H3/b11-8-,18-15-,20-17-,24-22-,27-25-,30-28-,44-31-. The van der Waals surface area contributed by atoms with Crippen molar-refractivity contribution in [2.75, 3.05) is 13.2 Å². The van der Waals surface area contributed by atoms with E-state index in [1.807, 2.05) is 0 Å².